The molecule has 1 atom stereocenters. The highest BCUT2D eigenvalue weighted by molar-refractivity contribution is 7.11. The van der Waals surface area contributed by atoms with E-state index in [0.29, 0.717) is 11.3 Å². The van der Waals surface area contributed by atoms with Gasteiger partial charge in [-0.25, -0.2) is 4.79 Å². The lowest BCUT2D eigenvalue weighted by molar-refractivity contribution is -0.142. The highest BCUT2D eigenvalue weighted by atomic mass is 32.1. The average Bonchev–Trinajstić information content (AvgIpc) is 2.69. The Morgan fingerprint density at radius 2 is 2.33 bits per heavy atom. The van der Waals surface area contributed by atoms with Crippen molar-refractivity contribution in [2.45, 2.75) is 19.4 Å². The minimum absolute atomic E-state index is 0.299. The van der Waals surface area contributed by atoms with E-state index < -0.39 is 12.0 Å². The van der Waals surface area contributed by atoms with Crippen molar-refractivity contribution >= 4 is 23.2 Å². The minimum Gasteiger partial charge on any atom is -0.480 e. The Morgan fingerprint density at radius 3 is 2.73 bits per heavy atom. The third-order valence-corrected chi connectivity index (χ3v) is 2.86. The number of hydrogen-bond acceptors (Lipinski definition) is 4. The molecule has 82 valence electrons. The fraction of sp³-hybridized carbons (Fsp3) is 0.444. The molecule has 0 saturated carbocycles. The van der Waals surface area contributed by atoms with E-state index in [1.165, 1.54) is 29.5 Å². The second-order valence-corrected chi connectivity index (χ2v) is 3.93. The van der Waals surface area contributed by atoms with Crippen LogP contribution in [-0.4, -0.2) is 40.0 Å². The monoisotopic (exact) mass is 228 g/mol. The SMILES string of the molecule is CCC(C(=O)O)N(C)C(=O)c1cncs1. The fourth-order valence-electron chi connectivity index (χ4n) is 1.25. The van der Waals surface area contributed by atoms with Crippen LogP contribution in [0.15, 0.2) is 11.7 Å². The first kappa shape index (κ1) is 11.6. The number of likely N-dealkylation sites (N-methyl/N-ethyl adjacent to an activating group) is 1. The van der Waals surface area contributed by atoms with Crippen molar-refractivity contribution in [1.29, 1.82) is 0 Å². The Balaban J connectivity index is 2.80. The molecule has 0 aliphatic carbocycles. The summed E-state index contributed by atoms with van der Waals surface area (Å²) in [5.74, 6) is -1.29. The zero-order chi connectivity index (χ0) is 11.4. The summed E-state index contributed by atoms with van der Waals surface area (Å²) in [6.45, 7) is 1.73. The van der Waals surface area contributed by atoms with Crippen LogP contribution in [0.2, 0.25) is 0 Å². The van der Waals surface area contributed by atoms with E-state index >= 15 is 0 Å². The van der Waals surface area contributed by atoms with E-state index in [1.54, 1.807) is 12.4 Å². The summed E-state index contributed by atoms with van der Waals surface area (Å²) < 4.78 is 0. The number of carbonyl (C=O) groups excluding carboxylic acids is 1. The number of carboxylic acid groups (broad SMARTS) is 1. The first-order valence-corrected chi connectivity index (χ1v) is 5.34. The molecule has 1 unspecified atom stereocenters. The molecule has 0 aromatic carbocycles. The van der Waals surface area contributed by atoms with Gasteiger partial charge in [-0.05, 0) is 6.42 Å². The number of thiazole rings is 1. The second-order valence-electron chi connectivity index (χ2n) is 3.04. The highest BCUT2D eigenvalue weighted by Gasteiger charge is 2.25. The van der Waals surface area contributed by atoms with Crippen LogP contribution in [0.3, 0.4) is 0 Å². The predicted octanol–water partition coefficient (Wildman–Crippen LogP) is 1.08. The maximum atomic E-state index is 11.7. The lowest BCUT2D eigenvalue weighted by atomic mass is 10.2. The van der Waals surface area contributed by atoms with Gasteiger partial charge in [0.05, 0.1) is 11.7 Å². The number of aliphatic carboxylic acids is 1. The number of hydrogen-bond donors (Lipinski definition) is 1. The Kier molecular flexibility index (Phi) is 3.79. The summed E-state index contributed by atoms with van der Waals surface area (Å²) in [6, 6.07) is -0.778. The molecular formula is C9H12N2O3S. The third kappa shape index (κ3) is 2.53. The summed E-state index contributed by atoms with van der Waals surface area (Å²) in [5, 5.41) is 8.88. The molecule has 0 saturated heterocycles. The molecule has 0 aliphatic heterocycles. The molecule has 1 aromatic heterocycles. The van der Waals surface area contributed by atoms with E-state index in [4.69, 9.17) is 5.11 Å². The van der Waals surface area contributed by atoms with Crippen LogP contribution >= 0.6 is 11.3 Å². The molecule has 0 spiro atoms. The summed E-state index contributed by atoms with van der Waals surface area (Å²) in [7, 11) is 1.49. The maximum Gasteiger partial charge on any atom is 0.326 e. The number of nitrogens with zero attached hydrogens (tertiary/aromatic N) is 2. The van der Waals surface area contributed by atoms with Crippen LogP contribution in [-0.2, 0) is 4.79 Å². The van der Waals surface area contributed by atoms with Crippen LogP contribution in [0.25, 0.3) is 0 Å². The molecule has 1 heterocycles. The number of amides is 1. The first-order valence-electron chi connectivity index (χ1n) is 4.46. The molecule has 0 radical (unpaired) electrons. The van der Waals surface area contributed by atoms with Gasteiger partial charge in [-0.3, -0.25) is 9.78 Å². The third-order valence-electron chi connectivity index (χ3n) is 2.10. The molecular weight excluding hydrogens is 216 g/mol. The van der Waals surface area contributed by atoms with Gasteiger partial charge in [0, 0.05) is 7.05 Å². The summed E-state index contributed by atoms with van der Waals surface area (Å²) in [6.07, 6.45) is 1.83. The van der Waals surface area contributed by atoms with Crippen molar-refractivity contribution < 1.29 is 14.7 Å². The van der Waals surface area contributed by atoms with Crippen molar-refractivity contribution in [2.24, 2.45) is 0 Å². The summed E-state index contributed by atoms with van der Waals surface area (Å²) in [4.78, 5) is 28.1. The fourth-order valence-corrected chi connectivity index (χ4v) is 1.85. The molecule has 1 amide bonds. The van der Waals surface area contributed by atoms with Crippen LogP contribution < -0.4 is 0 Å². The Hall–Kier alpha value is -1.43. The van der Waals surface area contributed by atoms with Gasteiger partial charge in [-0.1, -0.05) is 6.92 Å². The largest absolute Gasteiger partial charge is 0.480 e. The van der Waals surface area contributed by atoms with Gasteiger partial charge < -0.3 is 10.0 Å². The first-order chi connectivity index (χ1) is 7.07. The van der Waals surface area contributed by atoms with Crippen molar-refractivity contribution in [3.63, 3.8) is 0 Å². The number of aromatic nitrogens is 1. The van der Waals surface area contributed by atoms with Crippen molar-refractivity contribution in [2.75, 3.05) is 7.05 Å². The molecule has 0 aliphatic rings. The zero-order valence-corrected chi connectivity index (χ0v) is 9.32. The summed E-state index contributed by atoms with van der Waals surface area (Å²) in [5.41, 5.74) is 1.54. The Labute approximate surface area is 91.4 Å². The van der Waals surface area contributed by atoms with E-state index in [1.807, 2.05) is 0 Å². The molecule has 1 rings (SSSR count). The van der Waals surface area contributed by atoms with Crippen molar-refractivity contribution in [3.8, 4) is 0 Å². The molecule has 1 N–H and O–H groups in total. The van der Waals surface area contributed by atoms with Crippen LogP contribution in [0.1, 0.15) is 23.0 Å². The average molecular weight is 228 g/mol. The smallest absolute Gasteiger partial charge is 0.326 e. The lowest BCUT2D eigenvalue weighted by Crippen LogP contribution is -2.41. The Morgan fingerprint density at radius 1 is 1.67 bits per heavy atom. The zero-order valence-electron chi connectivity index (χ0n) is 8.51. The predicted molar refractivity (Wildman–Crippen MR) is 55.9 cm³/mol. The lowest BCUT2D eigenvalue weighted by Gasteiger charge is -2.22. The Bertz CT molecular complexity index is 350. The molecule has 5 nitrogen and oxygen atoms in total. The normalized spacial score (nSPS) is 12.1. The van der Waals surface area contributed by atoms with Crippen LogP contribution in [0.5, 0.6) is 0 Å². The summed E-state index contributed by atoms with van der Waals surface area (Å²) >= 11 is 1.20. The van der Waals surface area contributed by atoms with Gasteiger partial charge in [-0.15, -0.1) is 11.3 Å². The van der Waals surface area contributed by atoms with E-state index in [0.717, 1.165) is 0 Å². The highest BCUT2D eigenvalue weighted by Crippen LogP contribution is 2.12. The van der Waals surface area contributed by atoms with E-state index in [9.17, 15) is 9.59 Å². The van der Waals surface area contributed by atoms with Crippen LogP contribution in [0, 0.1) is 0 Å². The molecule has 0 bridgehead atoms. The van der Waals surface area contributed by atoms with Gasteiger partial charge in [0.1, 0.15) is 10.9 Å². The maximum absolute atomic E-state index is 11.7. The number of carboxylic acids is 1. The molecule has 1 aromatic rings. The second kappa shape index (κ2) is 4.88. The van der Waals surface area contributed by atoms with Gasteiger partial charge >= 0.3 is 5.97 Å². The minimum atomic E-state index is -0.988. The van der Waals surface area contributed by atoms with Gasteiger partial charge in [0.15, 0.2) is 0 Å². The molecule has 0 fully saturated rings. The van der Waals surface area contributed by atoms with Gasteiger partial charge in [0.2, 0.25) is 0 Å². The van der Waals surface area contributed by atoms with Gasteiger partial charge in [-0.2, -0.15) is 0 Å². The topological polar surface area (TPSA) is 70.5 Å². The van der Waals surface area contributed by atoms with Crippen molar-refractivity contribution in [3.05, 3.63) is 16.6 Å². The van der Waals surface area contributed by atoms with Crippen LogP contribution in [0.4, 0.5) is 0 Å². The standard InChI is InChI=1S/C9H12N2O3S/c1-3-6(9(13)14)11(2)8(12)7-4-10-5-15-7/h4-6H,3H2,1-2H3,(H,13,14). The van der Waals surface area contributed by atoms with Gasteiger partial charge in [0.25, 0.3) is 5.91 Å². The van der Waals surface area contributed by atoms with E-state index in [-0.39, 0.29) is 5.91 Å². The molecule has 15 heavy (non-hydrogen) atoms. The molecule has 6 heteroatoms. The van der Waals surface area contributed by atoms with E-state index in [2.05, 4.69) is 4.98 Å². The number of carbonyl (C=O) groups is 2. The number of rotatable bonds is 4. The van der Waals surface area contributed by atoms with Crippen molar-refractivity contribution in [1.82, 2.24) is 9.88 Å². The quantitative estimate of drug-likeness (QED) is 0.837.